The van der Waals surface area contributed by atoms with Gasteiger partial charge in [-0.3, -0.25) is 14.5 Å². The van der Waals surface area contributed by atoms with Gasteiger partial charge in [0.25, 0.3) is 5.78 Å². The number of aromatic nitrogens is 1. The molecule has 1 saturated heterocycles. The standard InChI is InChI=1S/C28H24N2O4S/c1-4-17-6-8-19(9-7-17)25(31)23-24(18-10-12-20(34-3)13-11-18)30(27(33)26(23)32)28-29-21-14-5-16(2)15-22(21)35-28/h5-15,24,31H,4H2,1-3H3/b25-23+. The van der Waals surface area contributed by atoms with Gasteiger partial charge in [-0.1, -0.05) is 60.7 Å². The molecule has 0 spiro atoms. The Balaban J connectivity index is 1.70. The molecule has 1 atom stereocenters. The molecule has 0 bridgehead atoms. The second-order valence-corrected chi connectivity index (χ2v) is 9.47. The number of thiazole rings is 1. The maximum absolute atomic E-state index is 13.4. The molecule has 4 aromatic rings. The second-order valence-electron chi connectivity index (χ2n) is 8.46. The Morgan fingerprint density at radius 1 is 1.06 bits per heavy atom. The number of aliphatic hydroxyl groups is 1. The van der Waals surface area contributed by atoms with Crippen LogP contribution in [0.15, 0.2) is 72.3 Å². The minimum absolute atomic E-state index is 0.0415. The fraction of sp³-hybridized carbons (Fsp3) is 0.179. The van der Waals surface area contributed by atoms with Gasteiger partial charge >= 0.3 is 5.91 Å². The normalized spacial score (nSPS) is 17.3. The number of benzene rings is 3. The fourth-order valence-corrected chi connectivity index (χ4v) is 5.40. The van der Waals surface area contributed by atoms with E-state index in [1.54, 1.807) is 43.5 Å². The molecule has 2 heterocycles. The van der Waals surface area contributed by atoms with Crippen molar-refractivity contribution < 1.29 is 19.4 Å². The van der Waals surface area contributed by atoms with Crippen molar-refractivity contribution in [2.45, 2.75) is 26.3 Å². The van der Waals surface area contributed by atoms with Gasteiger partial charge in [0.2, 0.25) is 0 Å². The average Bonchev–Trinajstić information content (AvgIpc) is 3.41. The first-order valence-electron chi connectivity index (χ1n) is 11.3. The monoisotopic (exact) mass is 484 g/mol. The van der Waals surface area contributed by atoms with E-state index in [4.69, 9.17) is 4.74 Å². The zero-order chi connectivity index (χ0) is 24.7. The molecule has 0 aliphatic carbocycles. The van der Waals surface area contributed by atoms with E-state index in [2.05, 4.69) is 4.98 Å². The van der Waals surface area contributed by atoms with Crippen molar-refractivity contribution in [2.24, 2.45) is 0 Å². The highest BCUT2D eigenvalue weighted by molar-refractivity contribution is 7.22. The van der Waals surface area contributed by atoms with Crippen LogP contribution in [0.1, 0.15) is 35.2 Å². The summed E-state index contributed by atoms with van der Waals surface area (Å²) in [6.45, 7) is 4.04. The van der Waals surface area contributed by atoms with Crippen LogP contribution < -0.4 is 9.64 Å². The maximum Gasteiger partial charge on any atom is 0.301 e. The summed E-state index contributed by atoms with van der Waals surface area (Å²) in [6, 6.07) is 19.5. The highest BCUT2D eigenvalue weighted by Gasteiger charge is 2.48. The van der Waals surface area contributed by atoms with Crippen LogP contribution in [0, 0.1) is 6.92 Å². The topological polar surface area (TPSA) is 79.7 Å². The molecule has 1 aliphatic rings. The SMILES string of the molecule is CCc1ccc(/C(O)=C2\C(=O)C(=O)N(c3nc4ccc(C)cc4s3)C2c2ccc(OC)cc2)cc1. The number of rotatable bonds is 5. The van der Waals surface area contributed by atoms with Gasteiger partial charge in [0, 0.05) is 5.56 Å². The molecule has 0 radical (unpaired) electrons. The Kier molecular flexibility index (Phi) is 5.86. The summed E-state index contributed by atoms with van der Waals surface area (Å²) in [6.07, 6.45) is 0.856. The predicted octanol–water partition coefficient (Wildman–Crippen LogP) is 5.80. The summed E-state index contributed by atoms with van der Waals surface area (Å²) in [4.78, 5) is 32.8. The number of carbonyl (C=O) groups excluding carboxylic acids is 2. The lowest BCUT2D eigenvalue weighted by Gasteiger charge is -2.23. The molecule has 1 fully saturated rings. The quantitative estimate of drug-likeness (QED) is 0.220. The Hall–Kier alpha value is -3.97. The van der Waals surface area contributed by atoms with Crippen LogP contribution >= 0.6 is 11.3 Å². The first-order valence-corrected chi connectivity index (χ1v) is 12.1. The van der Waals surface area contributed by atoms with Crippen molar-refractivity contribution in [3.05, 3.63) is 94.6 Å². The van der Waals surface area contributed by atoms with Crippen LogP contribution in [0.3, 0.4) is 0 Å². The Morgan fingerprint density at radius 3 is 2.43 bits per heavy atom. The van der Waals surface area contributed by atoms with Crippen molar-refractivity contribution >= 4 is 44.1 Å². The number of ketones is 1. The molecule has 0 saturated carbocycles. The summed E-state index contributed by atoms with van der Waals surface area (Å²) < 4.78 is 6.20. The summed E-state index contributed by atoms with van der Waals surface area (Å²) in [5.41, 5.74) is 4.14. The lowest BCUT2D eigenvalue weighted by Crippen LogP contribution is -2.29. The number of Topliss-reactive ketones (excluding diaryl/α,β-unsaturated/α-hetero) is 1. The van der Waals surface area contributed by atoms with Gasteiger partial charge in [-0.25, -0.2) is 4.98 Å². The Morgan fingerprint density at radius 2 is 1.77 bits per heavy atom. The van der Waals surface area contributed by atoms with E-state index in [1.807, 2.05) is 44.2 Å². The number of fused-ring (bicyclic) bond motifs is 1. The number of hydrogen-bond donors (Lipinski definition) is 1. The van der Waals surface area contributed by atoms with Crippen LogP contribution in [-0.4, -0.2) is 28.9 Å². The van der Waals surface area contributed by atoms with Gasteiger partial charge in [0.15, 0.2) is 5.13 Å². The lowest BCUT2D eigenvalue weighted by molar-refractivity contribution is -0.132. The van der Waals surface area contributed by atoms with E-state index >= 15 is 0 Å². The van der Waals surface area contributed by atoms with Gasteiger partial charge in [0.05, 0.1) is 28.9 Å². The molecule has 6 nitrogen and oxygen atoms in total. The van der Waals surface area contributed by atoms with Crippen LogP contribution in [0.5, 0.6) is 5.75 Å². The molecular formula is C28H24N2O4S. The second kappa shape index (κ2) is 9.00. The highest BCUT2D eigenvalue weighted by Crippen LogP contribution is 2.44. The number of carbonyl (C=O) groups is 2. The molecular weight excluding hydrogens is 460 g/mol. The molecule has 1 aliphatic heterocycles. The van der Waals surface area contributed by atoms with Crippen LogP contribution in [-0.2, 0) is 16.0 Å². The van der Waals surface area contributed by atoms with Crippen molar-refractivity contribution in [1.82, 2.24) is 4.98 Å². The van der Waals surface area contributed by atoms with Gasteiger partial charge in [-0.15, -0.1) is 0 Å². The molecule has 5 rings (SSSR count). The van der Waals surface area contributed by atoms with Gasteiger partial charge < -0.3 is 9.84 Å². The minimum atomic E-state index is -0.826. The summed E-state index contributed by atoms with van der Waals surface area (Å²) in [5.74, 6) is -1.01. The summed E-state index contributed by atoms with van der Waals surface area (Å²) in [5, 5.41) is 11.7. The first kappa shape index (κ1) is 22.8. The molecule has 7 heteroatoms. The van der Waals surface area contributed by atoms with Crippen LogP contribution in [0.4, 0.5) is 5.13 Å². The zero-order valence-corrected chi connectivity index (χ0v) is 20.4. The van der Waals surface area contributed by atoms with E-state index in [1.165, 1.54) is 16.2 Å². The molecule has 35 heavy (non-hydrogen) atoms. The smallest absolute Gasteiger partial charge is 0.301 e. The lowest BCUT2D eigenvalue weighted by atomic mass is 9.95. The molecule has 1 unspecified atom stereocenters. The maximum atomic E-state index is 13.4. The van der Waals surface area contributed by atoms with Crippen LogP contribution in [0.2, 0.25) is 0 Å². The third-order valence-corrected chi connectivity index (χ3v) is 7.27. The molecule has 1 N–H and O–H groups in total. The Bertz CT molecular complexity index is 1470. The summed E-state index contributed by atoms with van der Waals surface area (Å²) >= 11 is 1.35. The third kappa shape index (κ3) is 3.98. The van der Waals surface area contributed by atoms with Crippen molar-refractivity contribution in [3.8, 4) is 5.75 Å². The minimum Gasteiger partial charge on any atom is -0.507 e. The van der Waals surface area contributed by atoms with E-state index in [0.717, 1.165) is 27.8 Å². The predicted molar refractivity (Wildman–Crippen MR) is 138 cm³/mol. The van der Waals surface area contributed by atoms with E-state index in [-0.39, 0.29) is 11.3 Å². The van der Waals surface area contributed by atoms with Gasteiger partial charge in [-0.05, 0) is 54.3 Å². The van der Waals surface area contributed by atoms with Gasteiger partial charge in [-0.2, -0.15) is 0 Å². The molecule has 1 aromatic heterocycles. The van der Waals surface area contributed by atoms with E-state index in [0.29, 0.717) is 22.0 Å². The Labute approximate surface area is 207 Å². The fourth-order valence-electron chi connectivity index (χ4n) is 4.31. The van der Waals surface area contributed by atoms with Crippen LogP contribution in [0.25, 0.3) is 16.0 Å². The van der Waals surface area contributed by atoms with Gasteiger partial charge in [0.1, 0.15) is 11.5 Å². The third-order valence-electron chi connectivity index (χ3n) is 6.25. The average molecular weight is 485 g/mol. The van der Waals surface area contributed by atoms with E-state index < -0.39 is 17.7 Å². The number of ether oxygens (including phenoxy) is 1. The number of methoxy groups -OCH3 is 1. The first-order chi connectivity index (χ1) is 16.9. The van der Waals surface area contributed by atoms with Crippen molar-refractivity contribution in [3.63, 3.8) is 0 Å². The van der Waals surface area contributed by atoms with Crippen molar-refractivity contribution in [1.29, 1.82) is 0 Å². The van der Waals surface area contributed by atoms with Crippen molar-refractivity contribution in [2.75, 3.05) is 12.0 Å². The highest BCUT2D eigenvalue weighted by atomic mass is 32.1. The largest absolute Gasteiger partial charge is 0.507 e. The number of hydrogen-bond acceptors (Lipinski definition) is 6. The molecule has 3 aromatic carbocycles. The van der Waals surface area contributed by atoms with E-state index in [9.17, 15) is 14.7 Å². The number of amides is 1. The molecule has 1 amide bonds. The number of nitrogens with zero attached hydrogens (tertiary/aromatic N) is 2. The number of aryl methyl sites for hydroxylation is 2. The summed E-state index contributed by atoms with van der Waals surface area (Å²) in [7, 11) is 1.57. The number of anilines is 1. The number of aliphatic hydroxyl groups excluding tert-OH is 1. The zero-order valence-electron chi connectivity index (χ0n) is 19.6. The molecule has 176 valence electrons.